The molecule has 0 saturated carbocycles. The number of nitrogens with zero attached hydrogens (tertiary/aromatic N) is 2. The van der Waals surface area contributed by atoms with Crippen molar-refractivity contribution in [2.45, 2.75) is 27.2 Å². The molecule has 0 bridgehead atoms. The van der Waals surface area contributed by atoms with E-state index in [0.29, 0.717) is 0 Å². The Labute approximate surface area is 160 Å². The SMILES string of the molecule is COc1ccccc1CCNc1cc(Nc2c(C)cccc2C)nc(C)n1. The fourth-order valence-corrected chi connectivity index (χ4v) is 3.10. The van der Waals surface area contributed by atoms with Crippen LogP contribution in [0.2, 0.25) is 0 Å². The van der Waals surface area contributed by atoms with Crippen LogP contribution in [0.3, 0.4) is 0 Å². The van der Waals surface area contributed by atoms with E-state index in [4.69, 9.17) is 4.74 Å². The quantitative estimate of drug-likeness (QED) is 0.632. The van der Waals surface area contributed by atoms with Crippen LogP contribution in [0.1, 0.15) is 22.5 Å². The van der Waals surface area contributed by atoms with Crippen molar-refractivity contribution in [3.8, 4) is 5.75 Å². The summed E-state index contributed by atoms with van der Waals surface area (Å²) in [5.41, 5.74) is 4.65. The van der Waals surface area contributed by atoms with Gasteiger partial charge in [-0.1, -0.05) is 36.4 Å². The highest BCUT2D eigenvalue weighted by Crippen LogP contribution is 2.24. The molecular formula is C22H26N4O. The number of hydrogen-bond donors (Lipinski definition) is 2. The molecular weight excluding hydrogens is 336 g/mol. The van der Waals surface area contributed by atoms with Gasteiger partial charge in [0.25, 0.3) is 0 Å². The summed E-state index contributed by atoms with van der Waals surface area (Å²) in [7, 11) is 1.70. The molecule has 0 amide bonds. The second kappa shape index (κ2) is 8.54. The molecule has 3 rings (SSSR count). The third kappa shape index (κ3) is 4.76. The lowest BCUT2D eigenvalue weighted by Gasteiger charge is -2.14. The van der Waals surface area contributed by atoms with Crippen molar-refractivity contribution in [3.05, 3.63) is 71.0 Å². The number of ether oxygens (including phenoxy) is 1. The number of hydrogen-bond acceptors (Lipinski definition) is 5. The molecule has 27 heavy (non-hydrogen) atoms. The summed E-state index contributed by atoms with van der Waals surface area (Å²) in [5, 5.41) is 6.83. The number of benzene rings is 2. The Balaban J connectivity index is 1.70. The Hall–Kier alpha value is -3.08. The van der Waals surface area contributed by atoms with Crippen LogP contribution < -0.4 is 15.4 Å². The number of nitrogens with one attached hydrogen (secondary N) is 2. The average Bonchev–Trinajstić information content (AvgIpc) is 2.65. The third-order valence-corrected chi connectivity index (χ3v) is 4.47. The van der Waals surface area contributed by atoms with Crippen LogP contribution in [-0.4, -0.2) is 23.6 Å². The molecule has 1 heterocycles. The standard InChI is InChI=1S/C22H26N4O/c1-15-8-7-9-16(2)22(15)26-21-14-20(24-17(3)25-21)23-13-12-18-10-5-6-11-19(18)27-4/h5-11,14H,12-13H2,1-4H3,(H2,23,24,25,26). The summed E-state index contributed by atoms with van der Waals surface area (Å²) in [4.78, 5) is 9.02. The summed E-state index contributed by atoms with van der Waals surface area (Å²) in [6, 6.07) is 16.3. The highest BCUT2D eigenvalue weighted by Gasteiger charge is 2.07. The second-order valence-electron chi connectivity index (χ2n) is 6.57. The van der Waals surface area contributed by atoms with Gasteiger partial charge >= 0.3 is 0 Å². The van der Waals surface area contributed by atoms with Gasteiger partial charge in [-0.3, -0.25) is 0 Å². The predicted octanol–water partition coefficient (Wildman–Crippen LogP) is 4.81. The van der Waals surface area contributed by atoms with Gasteiger partial charge < -0.3 is 15.4 Å². The molecule has 0 fully saturated rings. The first-order chi connectivity index (χ1) is 13.1. The molecule has 1 aromatic heterocycles. The molecule has 140 valence electrons. The van der Waals surface area contributed by atoms with Crippen molar-refractivity contribution in [1.29, 1.82) is 0 Å². The van der Waals surface area contributed by atoms with E-state index in [1.807, 2.05) is 31.2 Å². The van der Waals surface area contributed by atoms with Crippen LogP contribution >= 0.6 is 0 Å². The minimum atomic E-state index is 0.728. The van der Waals surface area contributed by atoms with Crippen molar-refractivity contribution < 1.29 is 4.74 Å². The first-order valence-corrected chi connectivity index (χ1v) is 9.11. The van der Waals surface area contributed by atoms with Crippen molar-refractivity contribution in [2.24, 2.45) is 0 Å². The van der Waals surface area contributed by atoms with E-state index in [1.165, 1.54) is 16.7 Å². The van der Waals surface area contributed by atoms with E-state index >= 15 is 0 Å². The second-order valence-corrected chi connectivity index (χ2v) is 6.57. The summed E-state index contributed by atoms with van der Waals surface area (Å²) < 4.78 is 5.41. The minimum absolute atomic E-state index is 0.728. The Morgan fingerprint density at radius 2 is 1.59 bits per heavy atom. The van der Waals surface area contributed by atoms with Crippen molar-refractivity contribution >= 4 is 17.3 Å². The summed E-state index contributed by atoms with van der Waals surface area (Å²) in [5.74, 6) is 3.24. The van der Waals surface area contributed by atoms with Crippen LogP contribution in [0.5, 0.6) is 5.75 Å². The number of rotatable bonds is 7. The molecule has 0 spiro atoms. The van der Waals surface area contributed by atoms with Gasteiger partial charge in [-0.2, -0.15) is 0 Å². The molecule has 0 atom stereocenters. The van der Waals surface area contributed by atoms with E-state index in [9.17, 15) is 0 Å². The van der Waals surface area contributed by atoms with Gasteiger partial charge in [0, 0.05) is 18.3 Å². The third-order valence-electron chi connectivity index (χ3n) is 4.47. The molecule has 0 unspecified atom stereocenters. The van der Waals surface area contributed by atoms with Crippen molar-refractivity contribution in [3.63, 3.8) is 0 Å². The van der Waals surface area contributed by atoms with E-state index in [-0.39, 0.29) is 0 Å². The normalized spacial score (nSPS) is 10.5. The van der Waals surface area contributed by atoms with E-state index in [1.54, 1.807) is 7.11 Å². The fourth-order valence-electron chi connectivity index (χ4n) is 3.10. The highest BCUT2D eigenvalue weighted by molar-refractivity contribution is 5.65. The van der Waals surface area contributed by atoms with Gasteiger partial charge in [0.2, 0.25) is 0 Å². The molecule has 2 aromatic carbocycles. The van der Waals surface area contributed by atoms with Crippen molar-refractivity contribution in [2.75, 3.05) is 24.3 Å². The van der Waals surface area contributed by atoms with Gasteiger partial charge in [-0.25, -0.2) is 9.97 Å². The lowest BCUT2D eigenvalue weighted by Crippen LogP contribution is -2.09. The Morgan fingerprint density at radius 3 is 2.33 bits per heavy atom. The molecule has 2 N–H and O–H groups in total. The lowest BCUT2D eigenvalue weighted by atomic mass is 10.1. The number of aryl methyl sites for hydroxylation is 3. The maximum absolute atomic E-state index is 5.41. The van der Waals surface area contributed by atoms with Gasteiger partial charge in [0.15, 0.2) is 0 Å². The molecule has 5 heteroatoms. The number of methoxy groups -OCH3 is 1. The topological polar surface area (TPSA) is 59.1 Å². The Kier molecular flexibility index (Phi) is 5.91. The van der Waals surface area contributed by atoms with Crippen LogP contribution in [-0.2, 0) is 6.42 Å². The van der Waals surface area contributed by atoms with Crippen molar-refractivity contribution in [1.82, 2.24) is 9.97 Å². The van der Waals surface area contributed by atoms with Gasteiger partial charge in [-0.05, 0) is 49.9 Å². The van der Waals surface area contributed by atoms with E-state index in [0.717, 1.165) is 41.9 Å². The summed E-state index contributed by atoms with van der Waals surface area (Å²) >= 11 is 0. The molecule has 3 aromatic rings. The zero-order valence-corrected chi connectivity index (χ0v) is 16.3. The molecule has 0 aliphatic rings. The van der Waals surface area contributed by atoms with E-state index in [2.05, 4.69) is 58.7 Å². The average molecular weight is 362 g/mol. The number of aromatic nitrogens is 2. The van der Waals surface area contributed by atoms with Crippen LogP contribution in [0, 0.1) is 20.8 Å². The maximum atomic E-state index is 5.41. The zero-order chi connectivity index (χ0) is 19.2. The summed E-state index contributed by atoms with van der Waals surface area (Å²) in [6.45, 7) is 6.85. The van der Waals surface area contributed by atoms with Gasteiger partial charge in [-0.15, -0.1) is 0 Å². The van der Waals surface area contributed by atoms with E-state index < -0.39 is 0 Å². The largest absolute Gasteiger partial charge is 0.496 e. The highest BCUT2D eigenvalue weighted by atomic mass is 16.5. The Morgan fingerprint density at radius 1 is 0.889 bits per heavy atom. The molecule has 0 radical (unpaired) electrons. The monoisotopic (exact) mass is 362 g/mol. The molecule has 0 aliphatic heterocycles. The smallest absolute Gasteiger partial charge is 0.136 e. The lowest BCUT2D eigenvalue weighted by molar-refractivity contribution is 0.410. The number of para-hydroxylation sites is 2. The van der Waals surface area contributed by atoms with Crippen LogP contribution in [0.25, 0.3) is 0 Å². The summed E-state index contributed by atoms with van der Waals surface area (Å²) in [6.07, 6.45) is 0.854. The molecule has 0 aliphatic carbocycles. The predicted molar refractivity (Wildman–Crippen MR) is 111 cm³/mol. The van der Waals surface area contributed by atoms with Crippen LogP contribution in [0.15, 0.2) is 48.5 Å². The zero-order valence-electron chi connectivity index (χ0n) is 16.3. The maximum Gasteiger partial charge on any atom is 0.136 e. The van der Waals surface area contributed by atoms with Gasteiger partial charge in [0.1, 0.15) is 23.2 Å². The van der Waals surface area contributed by atoms with Gasteiger partial charge in [0.05, 0.1) is 7.11 Å². The molecule has 0 saturated heterocycles. The van der Waals surface area contributed by atoms with Crippen LogP contribution in [0.4, 0.5) is 17.3 Å². The Bertz CT molecular complexity index is 904. The first-order valence-electron chi connectivity index (χ1n) is 9.11. The number of anilines is 3. The minimum Gasteiger partial charge on any atom is -0.496 e. The fraction of sp³-hybridized carbons (Fsp3) is 0.273. The molecule has 5 nitrogen and oxygen atoms in total. The first kappa shape index (κ1) is 18.7.